The minimum atomic E-state index is 0.988. The van der Waals surface area contributed by atoms with Gasteiger partial charge in [-0.3, -0.25) is 0 Å². The van der Waals surface area contributed by atoms with Crippen molar-refractivity contribution in [2.45, 2.75) is 161 Å². The monoisotopic (exact) mass is 416 g/mol. The lowest BCUT2D eigenvalue weighted by atomic mass is 9.90. The van der Waals surface area contributed by atoms with E-state index in [9.17, 15) is 0 Å². The molecule has 0 aromatic heterocycles. The molecule has 0 aliphatic heterocycles. The van der Waals surface area contributed by atoms with Gasteiger partial charge in [-0.2, -0.15) is 0 Å². The maximum Gasteiger partial charge on any atom is 0.00886 e. The molecule has 0 spiro atoms. The third-order valence-electron chi connectivity index (χ3n) is 6.40. The van der Waals surface area contributed by atoms with Gasteiger partial charge < -0.3 is 0 Å². The molecule has 0 bridgehead atoms. The van der Waals surface area contributed by atoms with Gasteiger partial charge in [-0.15, -0.1) is 11.8 Å². The van der Waals surface area contributed by atoms with Crippen LogP contribution in [0.5, 0.6) is 0 Å². The van der Waals surface area contributed by atoms with Crippen LogP contribution in [0, 0.1) is 31.6 Å². The molecule has 0 aliphatic rings. The zero-order chi connectivity index (χ0) is 22.0. The molecule has 176 valence electrons. The molecule has 1 unspecified atom stereocenters. The summed E-state index contributed by atoms with van der Waals surface area (Å²) in [5, 5.41) is 0. The van der Waals surface area contributed by atoms with Crippen molar-refractivity contribution in [1.29, 1.82) is 0 Å². The van der Waals surface area contributed by atoms with Crippen molar-refractivity contribution in [3.05, 3.63) is 13.8 Å². The van der Waals surface area contributed by atoms with E-state index in [0.29, 0.717) is 0 Å². The Morgan fingerprint density at radius 2 is 0.833 bits per heavy atom. The lowest BCUT2D eigenvalue weighted by molar-refractivity contribution is 0.379. The molecule has 0 heterocycles. The number of unbranched alkanes of at least 4 members (excludes halogenated alkanes) is 17. The standard InChI is InChI=1S/C30H56/c1-4-7-9-11-13-15-17-19-21-23-25-28-30(27-6-3)29-26-24-22-20-18-16-14-12-10-8-5-2/h30H,1-2,4-15,17,19-29H2,3H3. The highest BCUT2D eigenvalue weighted by atomic mass is 14.1. The molecule has 30 heavy (non-hydrogen) atoms. The highest BCUT2D eigenvalue weighted by Crippen LogP contribution is 2.23. The minimum Gasteiger partial charge on any atom is -0.103 e. The van der Waals surface area contributed by atoms with Crippen molar-refractivity contribution in [2.75, 3.05) is 0 Å². The first-order valence-corrected chi connectivity index (χ1v) is 13.9. The summed E-state index contributed by atoms with van der Waals surface area (Å²) in [5.41, 5.74) is 0. The van der Waals surface area contributed by atoms with Crippen LogP contribution in [0.3, 0.4) is 0 Å². The molecule has 0 heteroatoms. The Labute approximate surface area is 192 Å². The predicted octanol–water partition coefficient (Wildman–Crippen LogP) is 10.7. The summed E-state index contributed by atoms with van der Waals surface area (Å²) in [4.78, 5) is 0. The Morgan fingerprint density at radius 1 is 0.467 bits per heavy atom. The Balaban J connectivity index is 3.49. The van der Waals surface area contributed by atoms with Gasteiger partial charge in [0.05, 0.1) is 0 Å². The Kier molecular flexibility index (Phi) is 26.2. The lowest BCUT2D eigenvalue weighted by Crippen LogP contribution is -2.00. The molecule has 2 radical (unpaired) electrons. The zero-order valence-electron chi connectivity index (χ0n) is 21.0. The van der Waals surface area contributed by atoms with Crippen LogP contribution >= 0.6 is 0 Å². The molecule has 0 fully saturated rings. The average Bonchev–Trinajstić information content (AvgIpc) is 2.75. The lowest BCUT2D eigenvalue weighted by Gasteiger charge is -2.15. The van der Waals surface area contributed by atoms with Crippen molar-refractivity contribution in [2.24, 2.45) is 5.92 Å². The third kappa shape index (κ3) is 23.8. The summed E-state index contributed by atoms with van der Waals surface area (Å²) in [6, 6.07) is 0. The SMILES string of the molecule is [CH2]CCCCCC#CCCCCCC(CCC)CCCCCCCCCCCC[CH2]. The molecule has 0 nitrogen and oxygen atoms in total. The summed E-state index contributed by atoms with van der Waals surface area (Å²) >= 11 is 0. The molecule has 0 saturated carbocycles. The second-order valence-corrected chi connectivity index (χ2v) is 9.45. The van der Waals surface area contributed by atoms with Gasteiger partial charge in [-0.1, -0.05) is 149 Å². The van der Waals surface area contributed by atoms with Crippen molar-refractivity contribution in [3.63, 3.8) is 0 Å². The van der Waals surface area contributed by atoms with Gasteiger partial charge in [0.15, 0.2) is 0 Å². The second kappa shape index (κ2) is 26.6. The van der Waals surface area contributed by atoms with Crippen molar-refractivity contribution >= 4 is 0 Å². The molecule has 1 atom stereocenters. The van der Waals surface area contributed by atoms with Crippen LogP contribution in [-0.4, -0.2) is 0 Å². The molecule has 0 amide bonds. The van der Waals surface area contributed by atoms with E-state index in [0.717, 1.165) is 31.6 Å². The smallest absolute Gasteiger partial charge is 0.00886 e. The number of rotatable bonds is 23. The first-order valence-electron chi connectivity index (χ1n) is 13.9. The van der Waals surface area contributed by atoms with Crippen LogP contribution in [0.2, 0.25) is 0 Å². The summed E-state index contributed by atoms with van der Waals surface area (Å²) in [6.07, 6.45) is 32.4. The van der Waals surface area contributed by atoms with Crippen LogP contribution in [0.15, 0.2) is 0 Å². The maximum absolute atomic E-state index is 3.92. The van der Waals surface area contributed by atoms with Crippen LogP contribution in [0.4, 0.5) is 0 Å². The minimum absolute atomic E-state index is 0.988. The largest absolute Gasteiger partial charge is 0.103 e. The van der Waals surface area contributed by atoms with Gasteiger partial charge >= 0.3 is 0 Å². The van der Waals surface area contributed by atoms with Crippen LogP contribution in [0.1, 0.15) is 161 Å². The van der Waals surface area contributed by atoms with Crippen molar-refractivity contribution in [3.8, 4) is 11.8 Å². The van der Waals surface area contributed by atoms with E-state index in [1.165, 1.54) is 128 Å². The van der Waals surface area contributed by atoms with Crippen molar-refractivity contribution in [1.82, 2.24) is 0 Å². The van der Waals surface area contributed by atoms with E-state index >= 15 is 0 Å². The maximum atomic E-state index is 3.92. The normalized spacial score (nSPS) is 12.0. The number of hydrogen-bond donors (Lipinski definition) is 0. The Bertz CT molecular complexity index is 358. The second-order valence-electron chi connectivity index (χ2n) is 9.45. The fourth-order valence-electron chi connectivity index (χ4n) is 4.43. The first-order chi connectivity index (χ1) is 14.8. The van der Waals surface area contributed by atoms with Gasteiger partial charge in [0.2, 0.25) is 0 Å². The van der Waals surface area contributed by atoms with Crippen LogP contribution in [0.25, 0.3) is 0 Å². The summed E-state index contributed by atoms with van der Waals surface area (Å²) in [6.45, 7) is 10.2. The fraction of sp³-hybridized carbons (Fsp3) is 0.867. The Morgan fingerprint density at radius 3 is 1.27 bits per heavy atom. The molecule has 0 aromatic rings. The molecule has 0 rings (SSSR count). The molecular weight excluding hydrogens is 360 g/mol. The van der Waals surface area contributed by atoms with E-state index in [-0.39, 0.29) is 0 Å². The van der Waals surface area contributed by atoms with Crippen LogP contribution in [-0.2, 0) is 0 Å². The van der Waals surface area contributed by atoms with Crippen LogP contribution < -0.4 is 0 Å². The van der Waals surface area contributed by atoms with Gasteiger partial charge in [-0.25, -0.2) is 0 Å². The first kappa shape index (κ1) is 29.6. The molecule has 0 aromatic carbocycles. The van der Waals surface area contributed by atoms with E-state index in [1.807, 2.05) is 0 Å². The molecule has 0 N–H and O–H groups in total. The van der Waals surface area contributed by atoms with Gasteiger partial charge in [-0.05, 0) is 18.8 Å². The highest BCUT2D eigenvalue weighted by Gasteiger charge is 2.07. The number of hydrogen-bond acceptors (Lipinski definition) is 0. The van der Waals surface area contributed by atoms with E-state index in [2.05, 4.69) is 32.6 Å². The average molecular weight is 417 g/mol. The van der Waals surface area contributed by atoms with Crippen molar-refractivity contribution < 1.29 is 0 Å². The highest BCUT2D eigenvalue weighted by molar-refractivity contribution is 4.98. The fourth-order valence-corrected chi connectivity index (χ4v) is 4.43. The van der Waals surface area contributed by atoms with Gasteiger partial charge in [0, 0.05) is 12.8 Å². The van der Waals surface area contributed by atoms with E-state index in [4.69, 9.17) is 0 Å². The molecule has 0 saturated heterocycles. The predicted molar refractivity (Wildman–Crippen MR) is 138 cm³/mol. The van der Waals surface area contributed by atoms with E-state index in [1.54, 1.807) is 0 Å². The summed E-state index contributed by atoms with van der Waals surface area (Å²) < 4.78 is 0. The van der Waals surface area contributed by atoms with Gasteiger partial charge in [0.1, 0.15) is 0 Å². The topological polar surface area (TPSA) is 0 Å². The molecular formula is C30H56. The quantitative estimate of drug-likeness (QED) is 0.115. The summed E-state index contributed by atoms with van der Waals surface area (Å²) in [5.74, 6) is 7.73. The van der Waals surface area contributed by atoms with Gasteiger partial charge in [0.25, 0.3) is 0 Å². The van der Waals surface area contributed by atoms with E-state index < -0.39 is 0 Å². The third-order valence-corrected chi connectivity index (χ3v) is 6.40. The Hall–Kier alpha value is -0.440. The zero-order valence-corrected chi connectivity index (χ0v) is 21.0. The molecule has 0 aliphatic carbocycles. The summed E-state index contributed by atoms with van der Waals surface area (Å²) in [7, 11) is 0.